The van der Waals surface area contributed by atoms with Crippen molar-refractivity contribution in [1.82, 2.24) is 0 Å². The molecule has 0 spiro atoms. The summed E-state index contributed by atoms with van der Waals surface area (Å²) in [6, 6.07) is 7.10. The van der Waals surface area contributed by atoms with E-state index in [9.17, 15) is 0 Å². The van der Waals surface area contributed by atoms with Gasteiger partial charge in [0, 0.05) is 19.8 Å². The molecule has 1 fully saturated rings. The minimum atomic E-state index is 0.673. The van der Waals surface area contributed by atoms with Gasteiger partial charge in [-0.25, -0.2) is 0 Å². The van der Waals surface area contributed by atoms with Gasteiger partial charge in [-0.15, -0.1) is 0 Å². The smallest absolute Gasteiger partial charge is 0.0487 e. The first kappa shape index (κ1) is 10.7. The standard InChI is InChI=1S/C11H13BrIN/c1-7-2-4-10(7)14-11-5-3-8(13)6-9(11)12/h3,5-7,10,14H,2,4H2,1H3. The van der Waals surface area contributed by atoms with Crippen LogP contribution in [0.2, 0.25) is 0 Å². The van der Waals surface area contributed by atoms with E-state index in [1.165, 1.54) is 26.6 Å². The molecule has 0 bridgehead atoms. The number of halogens is 2. The van der Waals surface area contributed by atoms with Crippen LogP contribution in [-0.4, -0.2) is 6.04 Å². The van der Waals surface area contributed by atoms with Gasteiger partial charge in [-0.2, -0.15) is 0 Å². The summed E-state index contributed by atoms with van der Waals surface area (Å²) in [4.78, 5) is 0. The maximum atomic E-state index is 3.58. The van der Waals surface area contributed by atoms with Gasteiger partial charge in [-0.1, -0.05) is 6.92 Å². The molecule has 1 saturated carbocycles. The molecule has 0 radical (unpaired) electrons. The molecule has 0 aliphatic heterocycles. The summed E-state index contributed by atoms with van der Waals surface area (Å²) >= 11 is 5.91. The lowest BCUT2D eigenvalue weighted by atomic mass is 9.81. The van der Waals surface area contributed by atoms with Crippen LogP contribution in [0.1, 0.15) is 19.8 Å². The van der Waals surface area contributed by atoms with Crippen LogP contribution in [0.25, 0.3) is 0 Å². The van der Waals surface area contributed by atoms with Crippen molar-refractivity contribution in [2.75, 3.05) is 5.32 Å². The van der Waals surface area contributed by atoms with E-state index in [0.29, 0.717) is 6.04 Å². The Bertz CT molecular complexity index is 340. The quantitative estimate of drug-likeness (QED) is 0.772. The number of anilines is 1. The Labute approximate surface area is 107 Å². The normalized spacial score (nSPS) is 25.6. The summed E-state index contributed by atoms with van der Waals surface area (Å²) in [6.45, 7) is 2.31. The fourth-order valence-corrected chi connectivity index (χ4v) is 3.10. The monoisotopic (exact) mass is 365 g/mol. The second kappa shape index (κ2) is 4.39. The lowest BCUT2D eigenvalue weighted by Gasteiger charge is -2.35. The third kappa shape index (κ3) is 2.24. The van der Waals surface area contributed by atoms with Gasteiger partial charge < -0.3 is 5.32 Å². The Morgan fingerprint density at radius 2 is 2.21 bits per heavy atom. The van der Waals surface area contributed by atoms with Crippen molar-refractivity contribution in [1.29, 1.82) is 0 Å². The van der Waals surface area contributed by atoms with Gasteiger partial charge in [-0.05, 0) is 75.5 Å². The largest absolute Gasteiger partial charge is 0.381 e. The van der Waals surface area contributed by atoms with E-state index in [4.69, 9.17) is 0 Å². The number of hydrogen-bond acceptors (Lipinski definition) is 1. The molecule has 0 amide bonds. The van der Waals surface area contributed by atoms with Gasteiger partial charge in [0.2, 0.25) is 0 Å². The van der Waals surface area contributed by atoms with Crippen LogP contribution in [0.4, 0.5) is 5.69 Å². The molecule has 0 aromatic heterocycles. The molecule has 2 atom stereocenters. The SMILES string of the molecule is CC1CCC1Nc1ccc(I)cc1Br. The van der Waals surface area contributed by atoms with Crippen LogP contribution in [0.5, 0.6) is 0 Å². The van der Waals surface area contributed by atoms with E-state index in [2.05, 4.69) is 69.0 Å². The molecule has 76 valence electrons. The van der Waals surface area contributed by atoms with Crippen molar-refractivity contribution in [2.45, 2.75) is 25.8 Å². The summed E-state index contributed by atoms with van der Waals surface area (Å²) in [5.74, 6) is 0.821. The van der Waals surface area contributed by atoms with Crippen molar-refractivity contribution in [3.05, 3.63) is 26.2 Å². The molecule has 2 rings (SSSR count). The Morgan fingerprint density at radius 1 is 1.43 bits per heavy atom. The first-order valence-corrected chi connectivity index (χ1v) is 6.75. The minimum absolute atomic E-state index is 0.673. The molecule has 14 heavy (non-hydrogen) atoms. The molecular formula is C11H13BrIN. The molecule has 0 heterocycles. The second-order valence-corrected chi connectivity index (χ2v) is 6.03. The lowest BCUT2D eigenvalue weighted by Crippen LogP contribution is -2.36. The summed E-state index contributed by atoms with van der Waals surface area (Å²) < 4.78 is 2.44. The Hall–Kier alpha value is 0.230. The third-order valence-electron chi connectivity index (χ3n) is 2.89. The average molecular weight is 366 g/mol. The van der Waals surface area contributed by atoms with Crippen LogP contribution in [0, 0.1) is 9.49 Å². The summed E-state index contributed by atoms with van der Waals surface area (Å²) in [7, 11) is 0. The molecule has 2 unspecified atom stereocenters. The van der Waals surface area contributed by atoms with E-state index in [-0.39, 0.29) is 0 Å². The van der Waals surface area contributed by atoms with Crippen molar-refractivity contribution in [3.8, 4) is 0 Å². The molecule has 3 heteroatoms. The van der Waals surface area contributed by atoms with Crippen molar-refractivity contribution in [2.24, 2.45) is 5.92 Å². The number of rotatable bonds is 2. The fraction of sp³-hybridized carbons (Fsp3) is 0.455. The van der Waals surface area contributed by atoms with Gasteiger partial charge in [-0.3, -0.25) is 0 Å². The zero-order valence-electron chi connectivity index (χ0n) is 8.06. The highest BCUT2D eigenvalue weighted by Gasteiger charge is 2.26. The van der Waals surface area contributed by atoms with Crippen LogP contribution in [-0.2, 0) is 0 Å². The predicted octanol–water partition coefficient (Wildman–Crippen LogP) is 4.26. The molecule has 1 aliphatic rings. The minimum Gasteiger partial charge on any atom is -0.381 e. The van der Waals surface area contributed by atoms with Crippen molar-refractivity contribution in [3.63, 3.8) is 0 Å². The lowest BCUT2D eigenvalue weighted by molar-refractivity contribution is 0.303. The van der Waals surface area contributed by atoms with Gasteiger partial charge in [0.25, 0.3) is 0 Å². The van der Waals surface area contributed by atoms with E-state index in [1.807, 2.05) is 0 Å². The van der Waals surface area contributed by atoms with Gasteiger partial charge >= 0.3 is 0 Å². The Morgan fingerprint density at radius 3 is 2.71 bits per heavy atom. The van der Waals surface area contributed by atoms with E-state index in [1.54, 1.807) is 0 Å². The van der Waals surface area contributed by atoms with Crippen molar-refractivity contribution >= 4 is 44.2 Å². The highest BCUT2D eigenvalue weighted by Crippen LogP contribution is 2.32. The Kier molecular flexibility index (Phi) is 3.37. The van der Waals surface area contributed by atoms with E-state index in [0.717, 1.165) is 5.92 Å². The van der Waals surface area contributed by atoms with Crippen LogP contribution in [0.15, 0.2) is 22.7 Å². The molecule has 0 saturated heterocycles. The Balaban J connectivity index is 2.09. The topological polar surface area (TPSA) is 12.0 Å². The zero-order valence-corrected chi connectivity index (χ0v) is 11.8. The molecule has 1 aromatic carbocycles. The second-order valence-electron chi connectivity index (χ2n) is 3.93. The number of nitrogens with one attached hydrogen (secondary N) is 1. The number of benzene rings is 1. The van der Waals surface area contributed by atoms with Gasteiger partial charge in [0.1, 0.15) is 0 Å². The van der Waals surface area contributed by atoms with Crippen LogP contribution < -0.4 is 5.32 Å². The molecule has 1 aromatic rings. The number of hydrogen-bond donors (Lipinski definition) is 1. The van der Waals surface area contributed by atoms with Crippen molar-refractivity contribution < 1.29 is 0 Å². The maximum Gasteiger partial charge on any atom is 0.0487 e. The van der Waals surface area contributed by atoms with E-state index >= 15 is 0 Å². The van der Waals surface area contributed by atoms with Gasteiger partial charge in [0.15, 0.2) is 0 Å². The average Bonchev–Trinajstić information content (AvgIpc) is 2.14. The summed E-state index contributed by atoms with van der Waals surface area (Å²) in [6.07, 6.45) is 2.67. The van der Waals surface area contributed by atoms with Crippen LogP contribution >= 0.6 is 38.5 Å². The first-order chi connectivity index (χ1) is 6.66. The highest BCUT2D eigenvalue weighted by molar-refractivity contribution is 14.1. The fourth-order valence-electron chi connectivity index (χ4n) is 1.69. The maximum absolute atomic E-state index is 3.58. The van der Waals surface area contributed by atoms with E-state index < -0.39 is 0 Å². The van der Waals surface area contributed by atoms with Crippen LogP contribution in [0.3, 0.4) is 0 Å². The predicted molar refractivity (Wildman–Crippen MR) is 72.7 cm³/mol. The molecular weight excluding hydrogens is 353 g/mol. The zero-order chi connectivity index (χ0) is 10.1. The first-order valence-electron chi connectivity index (χ1n) is 4.88. The van der Waals surface area contributed by atoms with Gasteiger partial charge in [0.05, 0.1) is 0 Å². The molecule has 1 aliphatic carbocycles. The molecule has 1 N–H and O–H groups in total. The molecule has 1 nitrogen and oxygen atoms in total. The highest BCUT2D eigenvalue weighted by atomic mass is 127. The summed E-state index contributed by atoms with van der Waals surface area (Å²) in [5.41, 5.74) is 1.22. The third-order valence-corrected chi connectivity index (χ3v) is 4.22. The summed E-state index contributed by atoms with van der Waals surface area (Å²) in [5, 5.41) is 3.57.